The normalized spacial score (nSPS) is 9.55. The van der Waals surface area contributed by atoms with Gasteiger partial charge in [-0.2, -0.15) is 0 Å². The van der Waals surface area contributed by atoms with E-state index < -0.39 is 0 Å². The molecule has 0 radical (unpaired) electrons. The van der Waals surface area contributed by atoms with Gasteiger partial charge in [-0.15, -0.1) is 12.4 Å². The van der Waals surface area contributed by atoms with E-state index >= 15 is 0 Å². The first-order chi connectivity index (χ1) is 4.93. The van der Waals surface area contributed by atoms with Crippen molar-refractivity contribution in [2.75, 3.05) is 6.54 Å². The molecule has 0 aliphatic carbocycles. The lowest BCUT2D eigenvalue weighted by molar-refractivity contribution is 1.25. The van der Waals surface area contributed by atoms with E-state index in [4.69, 9.17) is 5.73 Å². The summed E-state index contributed by atoms with van der Waals surface area (Å²) in [6, 6.07) is 5.77. The minimum absolute atomic E-state index is 0. The molecular formula is C8H11ClN2. The molecule has 1 heterocycles. The van der Waals surface area contributed by atoms with Gasteiger partial charge in [0.25, 0.3) is 0 Å². The van der Waals surface area contributed by atoms with Crippen molar-refractivity contribution in [1.29, 1.82) is 0 Å². The summed E-state index contributed by atoms with van der Waals surface area (Å²) in [5.41, 5.74) is 6.21. The molecule has 3 heteroatoms. The molecule has 0 aliphatic rings. The largest absolute Gasteiger partial charge is 0.327 e. The minimum Gasteiger partial charge on any atom is -0.327 e. The van der Waals surface area contributed by atoms with Gasteiger partial charge in [-0.05, 0) is 18.2 Å². The van der Waals surface area contributed by atoms with Crippen molar-refractivity contribution in [3.63, 3.8) is 0 Å². The Morgan fingerprint density at radius 1 is 1.45 bits per heavy atom. The van der Waals surface area contributed by atoms with Crippen LogP contribution in [0.25, 0.3) is 6.08 Å². The highest BCUT2D eigenvalue weighted by Crippen LogP contribution is 1.94. The Morgan fingerprint density at radius 3 is 2.82 bits per heavy atom. The summed E-state index contributed by atoms with van der Waals surface area (Å²) in [6.07, 6.45) is 5.54. The van der Waals surface area contributed by atoms with Crippen LogP contribution >= 0.6 is 12.4 Å². The lowest BCUT2D eigenvalue weighted by Crippen LogP contribution is -1.92. The van der Waals surface area contributed by atoms with Crippen LogP contribution in [-0.4, -0.2) is 11.5 Å². The fourth-order valence-electron chi connectivity index (χ4n) is 0.663. The predicted molar refractivity (Wildman–Crippen MR) is 49.6 cm³/mol. The molecular weight excluding hydrogens is 160 g/mol. The summed E-state index contributed by atoms with van der Waals surface area (Å²) in [7, 11) is 0. The maximum Gasteiger partial charge on any atom is 0.0626 e. The first-order valence-electron chi connectivity index (χ1n) is 3.21. The molecule has 60 valence electrons. The van der Waals surface area contributed by atoms with Gasteiger partial charge in [-0.3, -0.25) is 4.98 Å². The standard InChI is InChI=1S/C8H10N2.ClH/c9-6-3-5-8-4-1-2-7-10-8;/h1-5,7H,6,9H2;1H/b5-3+;. The van der Waals surface area contributed by atoms with E-state index in [-0.39, 0.29) is 12.4 Å². The number of aromatic nitrogens is 1. The molecule has 0 saturated heterocycles. The van der Waals surface area contributed by atoms with Gasteiger partial charge in [0.2, 0.25) is 0 Å². The van der Waals surface area contributed by atoms with Crippen LogP contribution in [0.5, 0.6) is 0 Å². The molecule has 0 aromatic carbocycles. The number of hydrogen-bond donors (Lipinski definition) is 1. The van der Waals surface area contributed by atoms with Gasteiger partial charge in [0, 0.05) is 12.7 Å². The SMILES string of the molecule is Cl.NC/C=C/c1ccccn1. The number of nitrogens with two attached hydrogens (primary N) is 1. The molecule has 0 amide bonds. The number of pyridine rings is 1. The molecule has 0 unspecified atom stereocenters. The first-order valence-corrected chi connectivity index (χ1v) is 3.21. The molecule has 0 spiro atoms. The highest BCUT2D eigenvalue weighted by atomic mass is 35.5. The lowest BCUT2D eigenvalue weighted by atomic mass is 10.3. The van der Waals surface area contributed by atoms with Gasteiger partial charge < -0.3 is 5.73 Å². The second-order valence-electron chi connectivity index (χ2n) is 1.89. The summed E-state index contributed by atoms with van der Waals surface area (Å²) < 4.78 is 0. The lowest BCUT2D eigenvalue weighted by Gasteiger charge is -1.87. The highest BCUT2D eigenvalue weighted by molar-refractivity contribution is 5.85. The second-order valence-corrected chi connectivity index (χ2v) is 1.89. The smallest absolute Gasteiger partial charge is 0.0626 e. The summed E-state index contributed by atoms with van der Waals surface area (Å²) in [5, 5.41) is 0. The van der Waals surface area contributed by atoms with E-state index in [1.807, 2.05) is 30.4 Å². The monoisotopic (exact) mass is 170 g/mol. The minimum atomic E-state index is 0. The van der Waals surface area contributed by atoms with Crippen LogP contribution in [0.15, 0.2) is 30.5 Å². The van der Waals surface area contributed by atoms with Crippen molar-refractivity contribution in [1.82, 2.24) is 4.98 Å². The van der Waals surface area contributed by atoms with Crippen LogP contribution < -0.4 is 5.73 Å². The average molecular weight is 171 g/mol. The quantitative estimate of drug-likeness (QED) is 0.730. The van der Waals surface area contributed by atoms with Crippen LogP contribution in [-0.2, 0) is 0 Å². The molecule has 2 N–H and O–H groups in total. The molecule has 1 aromatic rings. The number of nitrogens with zero attached hydrogens (tertiary/aromatic N) is 1. The van der Waals surface area contributed by atoms with Crippen molar-refractivity contribution in [3.05, 3.63) is 36.2 Å². The van der Waals surface area contributed by atoms with Crippen molar-refractivity contribution in [2.24, 2.45) is 5.73 Å². The van der Waals surface area contributed by atoms with Crippen LogP contribution in [0.2, 0.25) is 0 Å². The van der Waals surface area contributed by atoms with Gasteiger partial charge in [0.15, 0.2) is 0 Å². The van der Waals surface area contributed by atoms with E-state index in [1.54, 1.807) is 6.20 Å². The van der Waals surface area contributed by atoms with Gasteiger partial charge in [-0.25, -0.2) is 0 Å². The van der Waals surface area contributed by atoms with Gasteiger partial charge in [0.05, 0.1) is 5.69 Å². The third kappa shape index (κ3) is 3.75. The summed E-state index contributed by atoms with van der Waals surface area (Å²) >= 11 is 0. The molecule has 0 aliphatic heterocycles. The Morgan fingerprint density at radius 2 is 2.27 bits per heavy atom. The Labute approximate surface area is 72.5 Å². The Kier molecular flexibility index (Phi) is 5.43. The zero-order valence-corrected chi connectivity index (χ0v) is 6.92. The zero-order valence-electron chi connectivity index (χ0n) is 6.10. The van der Waals surface area contributed by atoms with Crippen molar-refractivity contribution >= 4 is 18.5 Å². The molecule has 0 saturated carbocycles. The van der Waals surface area contributed by atoms with Crippen LogP contribution in [0.3, 0.4) is 0 Å². The van der Waals surface area contributed by atoms with Gasteiger partial charge in [-0.1, -0.05) is 12.1 Å². The molecule has 1 rings (SSSR count). The summed E-state index contributed by atoms with van der Waals surface area (Å²) in [6.45, 7) is 0.566. The Hall–Kier alpha value is -0.860. The third-order valence-electron chi connectivity index (χ3n) is 1.11. The van der Waals surface area contributed by atoms with Crippen molar-refractivity contribution in [3.8, 4) is 0 Å². The molecule has 1 aromatic heterocycles. The highest BCUT2D eigenvalue weighted by Gasteiger charge is 1.80. The van der Waals surface area contributed by atoms with E-state index in [1.165, 1.54) is 0 Å². The van der Waals surface area contributed by atoms with Crippen LogP contribution in [0.1, 0.15) is 5.69 Å². The van der Waals surface area contributed by atoms with E-state index in [0.29, 0.717) is 6.54 Å². The summed E-state index contributed by atoms with van der Waals surface area (Å²) in [5.74, 6) is 0. The maximum absolute atomic E-state index is 5.26. The number of hydrogen-bond acceptors (Lipinski definition) is 2. The zero-order chi connectivity index (χ0) is 7.23. The van der Waals surface area contributed by atoms with Crippen LogP contribution in [0.4, 0.5) is 0 Å². The Balaban J connectivity index is 0.000001000. The first kappa shape index (κ1) is 10.1. The van der Waals surface area contributed by atoms with Gasteiger partial charge in [0.1, 0.15) is 0 Å². The Bertz CT molecular complexity index is 209. The average Bonchev–Trinajstić information content (AvgIpc) is 2.03. The topological polar surface area (TPSA) is 38.9 Å². The van der Waals surface area contributed by atoms with E-state index in [2.05, 4.69) is 4.98 Å². The maximum atomic E-state index is 5.26. The predicted octanol–water partition coefficient (Wildman–Crippen LogP) is 1.48. The third-order valence-corrected chi connectivity index (χ3v) is 1.11. The number of rotatable bonds is 2. The van der Waals surface area contributed by atoms with Crippen molar-refractivity contribution in [2.45, 2.75) is 0 Å². The fraction of sp³-hybridized carbons (Fsp3) is 0.125. The fourth-order valence-corrected chi connectivity index (χ4v) is 0.663. The van der Waals surface area contributed by atoms with Crippen molar-refractivity contribution < 1.29 is 0 Å². The van der Waals surface area contributed by atoms with E-state index in [0.717, 1.165) is 5.69 Å². The summed E-state index contributed by atoms with van der Waals surface area (Å²) in [4.78, 5) is 4.07. The molecule has 2 nitrogen and oxygen atoms in total. The molecule has 0 atom stereocenters. The van der Waals surface area contributed by atoms with Gasteiger partial charge >= 0.3 is 0 Å². The molecule has 0 fully saturated rings. The number of halogens is 1. The second kappa shape index (κ2) is 5.89. The van der Waals surface area contributed by atoms with E-state index in [9.17, 15) is 0 Å². The molecule has 0 bridgehead atoms. The molecule has 11 heavy (non-hydrogen) atoms. The van der Waals surface area contributed by atoms with Crippen LogP contribution in [0, 0.1) is 0 Å².